The van der Waals surface area contributed by atoms with Crippen molar-refractivity contribution in [2.45, 2.75) is 4.58 Å². The summed E-state index contributed by atoms with van der Waals surface area (Å²) >= 11 is 11.5. The van der Waals surface area contributed by atoms with E-state index < -0.39 is 0 Å². The van der Waals surface area contributed by atoms with Gasteiger partial charge in [-0.15, -0.1) is 23.5 Å². The summed E-state index contributed by atoms with van der Waals surface area (Å²) in [6, 6.07) is 8.53. The lowest BCUT2D eigenvalue weighted by Gasteiger charge is -2.08. The van der Waals surface area contributed by atoms with Gasteiger partial charge >= 0.3 is 0 Å². The van der Waals surface area contributed by atoms with Crippen LogP contribution in [0.5, 0.6) is 0 Å². The molecule has 1 unspecified atom stereocenters. The predicted molar refractivity (Wildman–Crippen MR) is 74.0 cm³/mol. The van der Waals surface area contributed by atoms with Gasteiger partial charge in [0.25, 0.3) is 0 Å². The summed E-state index contributed by atoms with van der Waals surface area (Å²) in [7, 11) is 0. The summed E-state index contributed by atoms with van der Waals surface area (Å²) < 4.78 is 1.65. The normalized spacial score (nSPS) is 21.0. The lowest BCUT2D eigenvalue weighted by Crippen LogP contribution is -1.84. The number of halogens is 1. The van der Waals surface area contributed by atoms with E-state index in [1.54, 1.807) is 0 Å². The molecule has 14 heavy (non-hydrogen) atoms. The largest absolute Gasteiger partial charge is 0.174 e. The maximum absolute atomic E-state index is 4.28. The Kier molecular flexibility index (Phi) is 3.93. The fraction of sp³-hybridized carbons (Fsp3) is 0.200. The van der Waals surface area contributed by atoms with Gasteiger partial charge in [-0.05, 0) is 23.1 Å². The second-order valence-corrected chi connectivity index (χ2v) is 6.62. The molecule has 2 rings (SSSR count). The van der Waals surface area contributed by atoms with Crippen LogP contribution in [0.4, 0.5) is 0 Å². The maximum Gasteiger partial charge on any atom is 0.0837 e. The molecule has 1 aromatic carbocycles. The van der Waals surface area contributed by atoms with Gasteiger partial charge in [-0.1, -0.05) is 28.1 Å². The second kappa shape index (κ2) is 5.01. The Morgan fingerprint density at radius 3 is 2.57 bits per heavy atom. The highest BCUT2D eigenvalue weighted by atomic mass is 79.9. The van der Waals surface area contributed by atoms with E-state index >= 15 is 0 Å². The quantitative estimate of drug-likeness (QED) is 0.787. The monoisotopic (exact) mass is 304 g/mol. The summed E-state index contributed by atoms with van der Waals surface area (Å²) in [5, 5.41) is 2.21. The number of benzene rings is 1. The molecular weight excluding hydrogens is 296 g/mol. The molecule has 1 aliphatic heterocycles. The third-order valence-electron chi connectivity index (χ3n) is 1.88. The van der Waals surface area contributed by atoms with E-state index in [2.05, 4.69) is 58.2 Å². The summed E-state index contributed by atoms with van der Waals surface area (Å²) in [5.74, 6) is 0.852. The van der Waals surface area contributed by atoms with Crippen molar-refractivity contribution >= 4 is 52.1 Å². The standard InChI is InChI=1S/C10H9BrS3/c11-8-3-1-7(2-4-8)10-13-6-9(5-12)14-10/h1-4,6,10,12H,5H2. The van der Waals surface area contributed by atoms with Crippen LogP contribution >= 0.6 is 52.1 Å². The summed E-state index contributed by atoms with van der Waals surface area (Å²) in [6.45, 7) is 0. The van der Waals surface area contributed by atoms with Gasteiger partial charge in [-0.2, -0.15) is 12.6 Å². The Balaban J connectivity index is 2.08. The van der Waals surface area contributed by atoms with E-state index in [1.165, 1.54) is 10.5 Å². The lowest BCUT2D eigenvalue weighted by molar-refractivity contribution is 1.38. The van der Waals surface area contributed by atoms with Crippen LogP contribution in [0.15, 0.2) is 39.1 Å². The van der Waals surface area contributed by atoms with Crippen molar-refractivity contribution in [2.24, 2.45) is 0 Å². The summed E-state index contributed by atoms with van der Waals surface area (Å²) in [5.41, 5.74) is 1.37. The van der Waals surface area contributed by atoms with Crippen LogP contribution in [0, 0.1) is 0 Å². The minimum absolute atomic E-state index is 0.519. The third-order valence-corrected chi connectivity index (χ3v) is 5.73. The summed E-state index contributed by atoms with van der Waals surface area (Å²) in [4.78, 5) is 1.37. The number of hydrogen-bond donors (Lipinski definition) is 1. The molecule has 0 amide bonds. The van der Waals surface area contributed by atoms with Crippen LogP contribution in [-0.4, -0.2) is 5.75 Å². The Bertz CT molecular complexity index is 345. The molecule has 0 fully saturated rings. The smallest absolute Gasteiger partial charge is 0.0837 e. The molecule has 0 bridgehead atoms. The highest BCUT2D eigenvalue weighted by Crippen LogP contribution is 2.50. The lowest BCUT2D eigenvalue weighted by atomic mass is 10.2. The molecule has 1 atom stereocenters. The van der Waals surface area contributed by atoms with E-state index in [9.17, 15) is 0 Å². The fourth-order valence-corrected chi connectivity index (χ4v) is 4.34. The van der Waals surface area contributed by atoms with Crippen LogP contribution in [0.1, 0.15) is 10.1 Å². The molecule has 1 aliphatic rings. The zero-order valence-electron chi connectivity index (χ0n) is 7.31. The van der Waals surface area contributed by atoms with Crippen molar-refractivity contribution in [3.63, 3.8) is 0 Å². The van der Waals surface area contributed by atoms with E-state index in [0.29, 0.717) is 4.58 Å². The Morgan fingerprint density at radius 2 is 2.00 bits per heavy atom. The van der Waals surface area contributed by atoms with Gasteiger partial charge in [-0.25, -0.2) is 0 Å². The van der Waals surface area contributed by atoms with E-state index in [4.69, 9.17) is 0 Å². The first-order valence-electron chi connectivity index (χ1n) is 4.17. The average Bonchev–Trinajstić information content (AvgIpc) is 2.67. The molecule has 0 radical (unpaired) electrons. The van der Waals surface area contributed by atoms with E-state index in [1.807, 2.05) is 23.5 Å². The zero-order valence-corrected chi connectivity index (χ0v) is 11.4. The number of rotatable bonds is 2. The van der Waals surface area contributed by atoms with Crippen molar-refractivity contribution in [1.82, 2.24) is 0 Å². The zero-order chi connectivity index (χ0) is 9.97. The first-order chi connectivity index (χ1) is 6.79. The molecule has 0 N–H and O–H groups in total. The average molecular weight is 305 g/mol. The molecule has 0 aromatic heterocycles. The van der Waals surface area contributed by atoms with Crippen LogP contribution in [0.2, 0.25) is 0 Å². The molecule has 0 saturated heterocycles. The van der Waals surface area contributed by atoms with Gasteiger partial charge in [0.15, 0.2) is 0 Å². The minimum Gasteiger partial charge on any atom is -0.174 e. The molecule has 0 nitrogen and oxygen atoms in total. The molecule has 74 valence electrons. The SMILES string of the molecule is SCC1=CSC(c2ccc(Br)cc2)S1. The van der Waals surface area contributed by atoms with Crippen molar-refractivity contribution < 1.29 is 0 Å². The molecule has 0 saturated carbocycles. The van der Waals surface area contributed by atoms with Crippen molar-refractivity contribution in [3.05, 3.63) is 44.6 Å². The Morgan fingerprint density at radius 1 is 1.29 bits per heavy atom. The van der Waals surface area contributed by atoms with Crippen LogP contribution in [0.25, 0.3) is 0 Å². The number of thioether (sulfide) groups is 2. The molecule has 1 heterocycles. The minimum atomic E-state index is 0.519. The van der Waals surface area contributed by atoms with Crippen LogP contribution < -0.4 is 0 Å². The number of thiol groups is 1. The van der Waals surface area contributed by atoms with Crippen molar-refractivity contribution in [1.29, 1.82) is 0 Å². The van der Waals surface area contributed by atoms with Gasteiger partial charge in [0.2, 0.25) is 0 Å². The highest BCUT2D eigenvalue weighted by molar-refractivity contribution is 9.10. The Labute approximate surface area is 106 Å². The topological polar surface area (TPSA) is 0 Å². The summed E-state index contributed by atoms with van der Waals surface area (Å²) in [6.07, 6.45) is 0. The molecule has 1 aromatic rings. The second-order valence-electron chi connectivity index (χ2n) is 2.88. The van der Waals surface area contributed by atoms with Gasteiger partial charge in [0.05, 0.1) is 4.58 Å². The highest BCUT2D eigenvalue weighted by Gasteiger charge is 2.19. The van der Waals surface area contributed by atoms with Crippen molar-refractivity contribution in [2.75, 3.05) is 5.75 Å². The van der Waals surface area contributed by atoms with Crippen molar-refractivity contribution in [3.8, 4) is 0 Å². The molecule has 0 aliphatic carbocycles. The first kappa shape index (κ1) is 11.0. The maximum atomic E-state index is 4.28. The van der Waals surface area contributed by atoms with E-state index in [-0.39, 0.29) is 0 Å². The van der Waals surface area contributed by atoms with Crippen LogP contribution in [-0.2, 0) is 0 Å². The molecule has 0 spiro atoms. The fourth-order valence-electron chi connectivity index (χ4n) is 1.17. The first-order valence-corrected chi connectivity index (χ1v) is 7.42. The molecular formula is C10H9BrS3. The van der Waals surface area contributed by atoms with Crippen LogP contribution in [0.3, 0.4) is 0 Å². The van der Waals surface area contributed by atoms with E-state index in [0.717, 1.165) is 10.2 Å². The van der Waals surface area contributed by atoms with Gasteiger partial charge in [-0.3, -0.25) is 0 Å². The van der Waals surface area contributed by atoms with Gasteiger partial charge in [0, 0.05) is 15.1 Å². The third kappa shape index (κ3) is 2.54. The van der Waals surface area contributed by atoms with Gasteiger partial charge < -0.3 is 0 Å². The molecule has 4 heteroatoms. The predicted octanol–water partition coefficient (Wildman–Crippen LogP) is 4.70. The Hall–Kier alpha value is 0.490. The number of hydrogen-bond acceptors (Lipinski definition) is 3. The van der Waals surface area contributed by atoms with Gasteiger partial charge in [0.1, 0.15) is 0 Å².